The average Bonchev–Trinajstić information content (AvgIpc) is 3.64. The van der Waals surface area contributed by atoms with Crippen molar-refractivity contribution in [2.24, 2.45) is 0 Å². The Balaban J connectivity index is 1.28. The highest BCUT2D eigenvalue weighted by Crippen LogP contribution is 2.46. The first-order chi connectivity index (χ1) is 18.2. The highest BCUT2D eigenvalue weighted by Gasteiger charge is 2.35. The van der Waals surface area contributed by atoms with E-state index in [1.807, 2.05) is 29.2 Å². The number of benzene rings is 2. The van der Waals surface area contributed by atoms with Gasteiger partial charge in [-0.3, -0.25) is 9.59 Å². The van der Waals surface area contributed by atoms with Gasteiger partial charge in [-0.05, 0) is 31.0 Å². The van der Waals surface area contributed by atoms with Gasteiger partial charge in [0.15, 0.2) is 17.3 Å². The summed E-state index contributed by atoms with van der Waals surface area (Å²) in [6.45, 7) is 2.44. The first-order valence-electron chi connectivity index (χ1n) is 13.1. The number of fused-ring (bicyclic) bond motifs is 2. The van der Waals surface area contributed by atoms with E-state index in [0.717, 1.165) is 35.2 Å². The van der Waals surface area contributed by atoms with E-state index in [1.165, 1.54) is 25.5 Å². The quantitative estimate of drug-likeness (QED) is 0.359. The highest BCUT2D eigenvalue weighted by atomic mass is 16.5. The first-order valence-corrected chi connectivity index (χ1v) is 13.1. The fourth-order valence-electron chi connectivity index (χ4n) is 6.07. The smallest absolute Gasteiger partial charge is 0.289 e. The van der Waals surface area contributed by atoms with Crippen LogP contribution in [0.2, 0.25) is 0 Å². The molecule has 2 aromatic carbocycles. The molecule has 2 fully saturated rings. The van der Waals surface area contributed by atoms with E-state index < -0.39 is 0 Å². The number of ketones is 1. The van der Waals surface area contributed by atoms with Crippen molar-refractivity contribution in [3.63, 3.8) is 0 Å². The Morgan fingerprint density at radius 3 is 2.51 bits per heavy atom. The molecule has 4 aromatic rings. The third kappa shape index (κ3) is 3.62. The molecule has 0 bridgehead atoms. The van der Waals surface area contributed by atoms with Gasteiger partial charge < -0.3 is 24.1 Å². The van der Waals surface area contributed by atoms with E-state index in [1.54, 1.807) is 12.1 Å². The summed E-state index contributed by atoms with van der Waals surface area (Å²) in [5.41, 5.74) is 4.59. The molecule has 2 aromatic heterocycles. The van der Waals surface area contributed by atoms with Crippen molar-refractivity contribution in [2.45, 2.75) is 38.1 Å². The zero-order chi connectivity index (χ0) is 24.9. The SMILES string of the molecule is O=C1c2ccccc2-c2onc3c(N4CCN(C(=O)c5ccco5)CC4)cc(NC4CCCCC4)c1c23. The van der Waals surface area contributed by atoms with Crippen LogP contribution in [0.3, 0.4) is 0 Å². The lowest BCUT2D eigenvalue weighted by Gasteiger charge is -2.36. The Morgan fingerprint density at radius 1 is 0.973 bits per heavy atom. The standard InChI is InChI=1S/C29H28N4O4/c34-27-19-9-4-5-10-20(19)28-25-24(27)21(30-18-7-2-1-3-8-18)17-22(26(25)31-37-28)32-12-14-33(15-13-32)29(35)23-11-6-16-36-23/h4-6,9-11,16-18,30H,1-3,7-8,12-15H2. The number of carbonyl (C=O) groups excluding carboxylic acids is 2. The Hall–Kier alpha value is -4.07. The Bertz CT molecular complexity index is 1490. The molecule has 7 rings (SSSR count). The summed E-state index contributed by atoms with van der Waals surface area (Å²) < 4.78 is 11.2. The third-order valence-electron chi connectivity index (χ3n) is 7.98. The van der Waals surface area contributed by atoms with Gasteiger partial charge in [-0.15, -0.1) is 0 Å². The van der Waals surface area contributed by atoms with Gasteiger partial charge in [0.25, 0.3) is 5.91 Å². The predicted molar refractivity (Wildman–Crippen MR) is 140 cm³/mol. The molecule has 0 spiro atoms. The topological polar surface area (TPSA) is 91.8 Å². The maximum absolute atomic E-state index is 13.8. The first kappa shape index (κ1) is 22.2. The van der Waals surface area contributed by atoms with Gasteiger partial charge in [-0.1, -0.05) is 48.7 Å². The second kappa shape index (κ2) is 8.80. The summed E-state index contributed by atoms with van der Waals surface area (Å²) in [5, 5.41) is 9.01. The van der Waals surface area contributed by atoms with Crippen LogP contribution in [-0.4, -0.2) is 54.0 Å². The molecule has 0 atom stereocenters. The molecule has 1 N–H and O–H groups in total. The van der Waals surface area contributed by atoms with Crippen molar-refractivity contribution in [2.75, 3.05) is 36.4 Å². The van der Waals surface area contributed by atoms with E-state index in [2.05, 4.69) is 21.4 Å². The molecular weight excluding hydrogens is 468 g/mol. The van der Waals surface area contributed by atoms with Crippen LogP contribution in [0.1, 0.15) is 58.6 Å². The summed E-state index contributed by atoms with van der Waals surface area (Å²) in [5.74, 6) is 0.931. The van der Waals surface area contributed by atoms with E-state index in [4.69, 9.17) is 8.94 Å². The molecule has 3 heterocycles. The van der Waals surface area contributed by atoms with Crippen molar-refractivity contribution in [1.82, 2.24) is 10.1 Å². The third-order valence-corrected chi connectivity index (χ3v) is 7.98. The van der Waals surface area contributed by atoms with Crippen molar-refractivity contribution in [3.05, 3.63) is 65.6 Å². The van der Waals surface area contributed by atoms with Crippen LogP contribution < -0.4 is 10.2 Å². The van der Waals surface area contributed by atoms with E-state index >= 15 is 0 Å². The number of amides is 1. The van der Waals surface area contributed by atoms with Crippen molar-refractivity contribution in [1.29, 1.82) is 0 Å². The van der Waals surface area contributed by atoms with E-state index in [-0.39, 0.29) is 11.7 Å². The highest BCUT2D eigenvalue weighted by molar-refractivity contribution is 6.28. The minimum Gasteiger partial charge on any atom is -0.459 e. The van der Waals surface area contributed by atoms with Gasteiger partial charge in [0, 0.05) is 49.0 Å². The van der Waals surface area contributed by atoms with Crippen LogP contribution in [0.4, 0.5) is 11.4 Å². The number of anilines is 2. The second-order valence-electron chi connectivity index (χ2n) is 10.2. The molecule has 0 radical (unpaired) electrons. The van der Waals surface area contributed by atoms with Crippen LogP contribution in [0, 0.1) is 0 Å². The Kier molecular flexibility index (Phi) is 5.27. The number of carbonyl (C=O) groups is 2. The van der Waals surface area contributed by atoms with Gasteiger partial charge in [0.05, 0.1) is 22.9 Å². The molecule has 1 saturated heterocycles. The number of hydrogen-bond donors (Lipinski definition) is 1. The van der Waals surface area contributed by atoms with Gasteiger partial charge in [0.1, 0.15) is 5.52 Å². The molecule has 1 amide bonds. The summed E-state index contributed by atoms with van der Waals surface area (Å²) >= 11 is 0. The van der Waals surface area contributed by atoms with E-state index in [9.17, 15) is 9.59 Å². The molecule has 1 saturated carbocycles. The van der Waals surface area contributed by atoms with Gasteiger partial charge in [0.2, 0.25) is 0 Å². The van der Waals surface area contributed by atoms with Crippen LogP contribution in [0.15, 0.2) is 57.7 Å². The zero-order valence-electron chi connectivity index (χ0n) is 20.5. The van der Waals surface area contributed by atoms with Crippen LogP contribution in [0.25, 0.3) is 22.2 Å². The van der Waals surface area contributed by atoms with Crippen LogP contribution in [0.5, 0.6) is 0 Å². The molecule has 188 valence electrons. The number of nitrogens with zero attached hydrogens (tertiary/aromatic N) is 3. The molecule has 8 nitrogen and oxygen atoms in total. The molecular formula is C29H28N4O4. The number of rotatable bonds is 4. The van der Waals surface area contributed by atoms with E-state index in [0.29, 0.717) is 60.4 Å². The van der Waals surface area contributed by atoms with Crippen LogP contribution in [-0.2, 0) is 0 Å². The Labute approximate surface area is 214 Å². The number of nitrogens with one attached hydrogen (secondary N) is 1. The van der Waals surface area contributed by atoms with Gasteiger partial charge in [-0.25, -0.2) is 0 Å². The Morgan fingerprint density at radius 2 is 1.76 bits per heavy atom. The number of aromatic nitrogens is 1. The summed E-state index contributed by atoms with van der Waals surface area (Å²) in [6.07, 6.45) is 7.38. The van der Waals surface area contributed by atoms with Crippen molar-refractivity contribution >= 4 is 34.0 Å². The molecule has 2 aliphatic carbocycles. The monoisotopic (exact) mass is 496 g/mol. The largest absolute Gasteiger partial charge is 0.459 e. The molecule has 1 aliphatic heterocycles. The fourth-order valence-corrected chi connectivity index (χ4v) is 6.07. The lowest BCUT2D eigenvalue weighted by molar-refractivity contribution is 0.0714. The fraction of sp³-hybridized carbons (Fsp3) is 0.345. The predicted octanol–water partition coefficient (Wildman–Crippen LogP) is 5.34. The van der Waals surface area contributed by atoms with Gasteiger partial charge >= 0.3 is 0 Å². The average molecular weight is 497 g/mol. The normalized spacial score (nSPS) is 17.8. The summed E-state index contributed by atoms with van der Waals surface area (Å²) in [4.78, 5) is 30.6. The maximum Gasteiger partial charge on any atom is 0.289 e. The summed E-state index contributed by atoms with van der Waals surface area (Å²) in [6, 6.07) is 13.4. The number of piperazine rings is 1. The van der Waals surface area contributed by atoms with Crippen molar-refractivity contribution in [3.8, 4) is 11.3 Å². The lowest BCUT2D eigenvalue weighted by atomic mass is 9.85. The number of hydrogen-bond acceptors (Lipinski definition) is 7. The lowest BCUT2D eigenvalue weighted by Crippen LogP contribution is -2.48. The second-order valence-corrected chi connectivity index (χ2v) is 10.2. The minimum absolute atomic E-state index is 0.00928. The summed E-state index contributed by atoms with van der Waals surface area (Å²) in [7, 11) is 0. The molecule has 3 aliphatic rings. The van der Waals surface area contributed by atoms with Crippen molar-refractivity contribution < 1.29 is 18.5 Å². The molecule has 37 heavy (non-hydrogen) atoms. The minimum atomic E-state index is -0.0925. The molecule has 8 heteroatoms. The van der Waals surface area contributed by atoms with Gasteiger partial charge in [-0.2, -0.15) is 0 Å². The zero-order valence-corrected chi connectivity index (χ0v) is 20.5. The number of furan rings is 1. The van der Waals surface area contributed by atoms with Crippen LogP contribution >= 0.6 is 0 Å². The maximum atomic E-state index is 13.8. The molecule has 0 unspecified atom stereocenters.